The maximum atomic E-state index is 9.28. The highest BCUT2D eigenvalue weighted by atomic mass is 16.5. The van der Waals surface area contributed by atoms with E-state index in [4.69, 9.17) is 9.63 Å². The number of hydrogen-bond acceptors (Lipinski definition) is 4. The summed E-state index contributed by atoms with van der Waals surface area (Å²) < 4.78 is 4.85. The van der Waals surface area contributed by atoms with E-state index >= 15 is 0 Å². The van der Waals surface area contributed by atoms with Crippen molar-refractivity contribution < 1.29 is 14.7 Å². The first-order valence-corrected chi connectivity index (χ1v) is 3.49. The maximum absolute atomic E-state index is 9.28. The number of fused-ring (bicyclic) bond motifs is 1. The smallest absolute Gasteiger partial charge is 0.176 e. The molecule has 0 amide bonds. The third-order valence-electron chi connectivity index (χ3n) is 1.76. The molecule has 0 atom stereocenters. The van der Waals surface area contributed by atoms with Crippen molar-refractivity contribution in [2.24, 2.45) is 0 Å². The van der Waals surface area contributed by atoms with Crippen molar-refractivity contribution in [2.45, 2.75) is 6.61 Å². The third kappa shape index (κ3) is 0.853. The fraction of sp³-hybridized carbons (Fsp3) is 0.125. The predicted octanol–water partition coefficient (Wildman–Crippen LogP) is 1.03. The minimum Gasteiger partial charge on any atom is -0.507 e. The summed E-state index contributed by atoms with van der Waals surface area (Å²) in [5.41, 5.74) is 0.822. The zero-order chi connectivity index (χ0) is 8.55. The lowest BCUT2D eigenvalue weighted by Gasteiger charge is -1.98. The number of nitrogens with zero attached hydrogens (tertiary/aromatic N) is 1. The SMILES string of the molecule is OCc1c(O)ccc2cnoc12. The summed E-state index contributed by atoms with van der Waals surface area (Å²) in [5.74, 6) is 0.0294. The second kappa shape index (κ2) is 2.49. The van der Waals surface area contributed by atoms with Gasteiger partial charge in [-0.05, 0) is 12.1 Å². The van der Waals surface area contributed by atoms with Crippen LogP contribution in [0.15, 0.2) is 22.9 Å². The van der Waals surface area contributed by atoms with Crippen molar-refractivity contribution in [2.75, 3.05) is 0 Å². The second-order valence-electron chi connectivity index (χ2n) is 2.47. The summed E-state index contributed by atoms with van der Waals surface area (Å²) in [4.78, 5) is 0. The van der Waals surface area contributed by atoms with E-state index in [1.807, 2.05) is 0 Å². The Hall–Kier alpha value is -1.55. The highest BCUT2D eigenvalue weighted by Gasteiger charge is 2.08. The molecular formula is C8H7NO3. The predicted molar refractivity (Wildman–Crippen MR) is 41.6 cm³/mol. The Balaban J connectivity index is 2.83. The molecule has 0 aliphatic heterocycles. The van der Waals surface area contributed by atoms with Crippen molar-refractivity contribution in [3.8, 4) is 5.75 Å². The molecule has 0 spiro atoms. The van der Waals surface area contributed by atoms with Gasteiger partial charge in [0.15, 0.2) is 5.58 Å². The van der Waals surface area contributed by atoms with Crippen LogP contribution in [0.5, 0.6) is 5.75 Å². The first-order chi connectivity index (χ1) is 5.83. The van der Waals surface area contributed by atoms with Crippen LogP contribution in [0.4, 0.5) is 0 Å². The molecule has 1 aromatic heterocycles. The second-order valence-corrected chi connectivity index (χ2v) is 2.47. The standard InChI is InChI=1S/C8H7NO3/c10-4-6-7(11)2-1-5-3-9-12-8(5)6/h1-3,10-11H,4H2. The average Bonchev–Trinajstić information content (AvgIpc) is 2.52. The van der Waals surface area contributed by atoms with Gasteiger partial charge >= 0.3 is 0 Å². The van der Waals surface area contributed by atoms with E-state index in [-0.39, 0.29) is 12.4 Å². The molecule has 2 N–H and O–H groups in total. The number of rotatable bonds is 1. The van der Waals surface area contributed by atoms with Gasteiger partial charge in [0, 0.05) is 5.39 Å². The van der Waals surface area contributed by atoms with Crippen LogP contribution < -0.4 is 0 Å². The van der Waals surface area contributed by atoms with Gasteiger partial charge in [-0.1, -0.05) is 5.16 Å². The first-order valence-electron chi connectivity index (χ1n) is 3.49. The number of benzene rings is 1. The number of aliphatic hydroxyl groups excluding tert-OH is 1. The Morgan fingerprint density at radius 3 is 3.00 bits per heavy atom. The summed E-state index contributed by atoms with van der Waals surface area (Å²) in [5, 5.41) is 22.5. The van der Waals surface area contributed by atoms with Gasteiger partial charge in [0.2, 0.25) is 0 Å². The third-order valence-corrected chi connectivity index (χ3v) is 1.76. The number of aromatic hydroxyl groups is 1. The van der Waals surface area contributed by atoms with Crippen LogP contribution >= 0.6 is 0 Å². The van der Waals surface area contributed by atoms with Crippen LogP contribution in [0.2, 0.25) is 0 Å². The zero-order valence-corrected chi connectivity index (χ0v) is 6.19. The van der Waals surface area contributed by atoms with Crippen molar-refractivity contribution in [1.29, 1.82) is 0 Å². The molecule has 0 saturated heterocycles. The molecule has 4 nitrogen and oxygen atoms in total. The Kier molecular flexibility index (Phi) is 1.48. The van der Waals surface area contributed by atoms with E-state index in [9.17, 15) is 5.11 Å². The van der Waals surface area contributed by atoms with E-state index < -0.39 is 0 Å². The van der Waals surface area contributed by atoms with Gasteiger partial charge in [-0.15, -0.1) is 0 Å². The molecule has 0 aliphatic carbocycles. The molecule has 0 saturated carbocycles. The number of aromatic nitrogens is 1. The van der Waals surface area contributed by atoms with Crippen LogP contribution in [0.25, 0.3) is 11.0 Å². The van der Waals surface area contributed by atoms with Crippen molar-refractivity contribution >= 4 is 11.0 Å². The van der Waals surface area contributed by atoms with Crippen molar-refractivity contribution in [3.05, 3.63) is 23.9 Å². The molecule has 0 bridgehead atoms. The Morgan fingerprint density at radius 2 is 2.25 bits per heavy atom. The minimum absolute atomic E-state index is 0.0294. The van der Waals surface area contributed by atoms with Crippen LogP contribution in [0, 0.1) is 0 Å². The molecule has 2 aromatic rings. The van der Waals surface area contributed by atoms with E-state index in [0.717, 1.165) is 5.39 Å². The summed E-state index contributed by atoms with van der Waals surface area (Å²) in [6.07, 6.45) is 1.54. The van der Waals surface area contributed by atoms with Crippen molar-refractivity contribution in [3.63, 3.8) is 0 Å². The van der Waals surface area contributed by atoms with E-state index in [2.05, 4.69) is 5.16 Å². The summed E-state index contributed by atoms with van der Waals surface area (Å²) in [6, 6.07) is 3.19. The number of aliphatic hydroxyl groups is 1. The zero-order valence-electron chi connectivity index (χ0n) is 6.19. The topological polar surface area (TPSA) is 66.5 Å². The lowest BCUT2D eigenvalue weighted by Crippen LogP contribution is -1.84. The molecule has 12 heavy (non-hydrogen) atoms. The largest absolute Gasteiger partial charge is 0.507 e. The normalized spacial score (nSPS) is 10.8. The van der Waals surface area contributed by atoms with Gasteiger partial charge in [-0.2, -0.15) is 0 Å². The highest BCUT2D eigenvalue weighted by molar-refractivity contribution is 5.81. The fourth-order valence-corrected chi connectivity index (χ4v) is 1.13. The molecule has 0 unspecified atom stereocenters. The summed E-state index contributed by atoms with van der Waals surface area (Å²) in [7, 11) is 0. The highest BCUT2D eigenvalue weighted by Crippen LogP contribution is 2.26. The van der Waals surface area contributed by atoms with Gasteiger partial charge < -0.3 is 14.7 Å². The lowest BCUT2D eigenvalue weighted by molar-refractivity contribution is 0.274. The van der Waals surface area contributed by atoms with E-state index in [1.54, 1.807) is 6.07 Å². The van der Waals surface area contributed by atoms with Crippen LogP contribution in [0.3, 0.4) is 0 Å². The molecule has 62 valence electrons. The lowest BCUT2D eigenvalue weighted by atomic mass is 10.1. The van der Waals surface area contributed by atoms with E-state index in [1.165, 1.54) is 12.3 Å². The molecule has 0 aliphatic rings. The van der Waals surface area contributed by atoms with Gasteiger partial charge in [0.25, 0.3) is 0 Å². The quantitative estimate of drug-likeness (QED) is 0.662. The van der Waals surface area contributed by atoms with Gasteiger partial charge in [-0.25, -0.2) is 0 Å². The van der Waals surface area contributed by atoms with Crippen LogP contribution in [-0.2, 0) is 6.61 Å². The monoisotopic (exact) mass is 165 g/mol. The van der Waals surface area contributed by atoms with Crippen molar-refractivity contribution in [1.82, 2.24) is 5.16 Å². The Labute approximate surface area is 68.0 Å². The van der Waals surface area contributed by atoms with Gasteiger partial charge in [0.1, 0.15) is 5.75 Å². The number of phenols is 1. The fourth-order valence-electron chi connectivity index (χ4n) is 1.13. The number of hydrogen-bond donors (Lipinski definition) is 2. The molecule has 0 radical (unpaired) electrons. The average molecular weight is 165 g/mol. The minimum atomic E-state index is -0.252. The molecule has 1 aromatic carbocycles. The summed E-state index contributed by atoms with van der Waals surface area (Å²) >= 11 is 0. The molecule has 4 heteroatoms. The first kappa shape index (κ1) is 7.12. The Morgan fingerprint density at radius 1 is 1.42 bits per heavy atom. The van der Waals surface area contributed by atoms with Gasteiger partial charge in [0.05, 0.1) is 18.4 Å². The molecule has 0 fully saturated rings. The Bertz CT molecular complexity index is 408. The maximum Gasteiger partial charge on any atom is 0.176 e. The molecule has 2 rings (SSSR count). The van der Waals surface area contributed by atoms with Crippen LogP contribution in [0.1, 0.15) is 5.56 Å². The summed E-state index contributed by atoms with van der Waals surface area (Å²) in [6.45, 7) is -0.252. The molecule has 1 heterocycles. The molecular weight excluding hydrogens is 158 g/mol. The van der Waals surface area contributed by atoms with Gasteiger partial charge in [-0.3, -0.25) is 0 Å². The van der Waals surface area contributed by atoms with E-state index in [0.29, 0.717) is 11.1 Å². The van der Waals surface area contributed by atoms with Crippen LogP contribution in [-0.4, -0.2) is 15.4 Å².